The third-order valence-electron chi connectivity index (χ3n) is 3.80. The molecule has 0 aliphatic heterocycles. The van der Waals surface area contributed by atoms with Crippen LogP contribution in [0, 0.1) is 23.7 Å². The second-order valence-corrected chi connectivity index (χ2v) is 4.80. The van der Waals surface area contributed by atoms with E-state index in [1.165, 1.54) is 19.3 Å². The van der Waals surface area contributed by atoms with Crippen molar-refractivity contribution < 1.29 is 0 Å². The molecule has 2 unspecified atom stereocenters. The maximum atomic E-state index is 2.47. The van der Waals surface area contributed by atoms with Crippen molar-refractivity contribution in [2.24, 2.45) is 23.7 Å². The van der Waals surface area contributed by atoms with E-state index in [1.807, 2.05) is 0 Å². The molecule has 0 spiro atoms. The number of rotatable bonds is 1. The SMILES string of the molecule is CC1CCC[C@@H](C)C1C1CC1. The minimum Gasteiger partial charge on any atom is -0.0622 e. The molecule has 0 aromatic carbocycles. The summed E-state index contributed by atoms with van der Waals surface area (Å²) >= 11 is 0. The molecule has 2 rings (SSSR count). The van der Waals surface area contributed by atoms with Crippen LogP contribution in [-0.2, 0) is 0 Å². The monoisotopic (exact) mass is 152 g/mol. The molecule has 11 heavy (non-hydrogen) atoms. The van der Waals surface area contributed by atoms with Crippen molar-refractivity contribution >= 4 is 0 Å². The van der Waals surface area contributed by atoms with Gasteiger partial charge in [-0.3, -0.25) is 0 Å². The van der Waals surface area contributed by atoms with E-state index in [2.05, 4.69) is 13.8 Å². The van der Waals surface area contributed by atoms with Crippen LogP contribution >= 0.6 is 0 Å². The van der Waals surface area contributed by atoms with E-state index >= 15 is 0 Å². The van der Waals surface area contributed by atoms with Gasteiger partial charge in [0.25, 0.3) is 0 Å². The van der Waals surface area contributed by atoms with Gasteiger partial charge in [-0.2, -0.15) is 0 Å². The van der Waals surface area contributed by atoms with E-state index in [0.717, 1.165) is 23.7 Å². The van der Waals surface area contributed by atoms with Crippen LogP contribution in [-0.4, -0.2) is 0 Å². The van der Waals surface area contributed by atoms with Gasteiger partial charge in [-0.1, -0.05) is 33.1 Å². The van der Waals surface area contributed by atoms with Gasteiger partial charge in [-0.15, -0.1) is 0 Å². The molecule has 0 saturated heterocycles. The van der Waals surface area contributed by atoms with Gasteiger partial charge in [-0.25, -0.2) is 0 Å². The average Bonchev–Trinajstić information content (AvgIpc) is 2.70. The van der Waals surface area contributed by atoms with Crippen molar-refractivity contribution in [3.05, 3.63) is 0 Å². The topological polar surface area (TPSA) is 0 Å². The van der Waals surface area contributed by atoms with Crippen molar-refractivity contribution in [1.82, 2.24) is 0 Å². The Kier molecular flexibility index (Phi) is 1.95. The lowest BCUT2D eigenvalue weighted by atomic mass is 9.71. The molecule has 0 heteroatoms. The lowest BCUT2D eigenvalue weighted by Gasteiger charge is -2.34. The highest BCUT2D eigenvalue weighted by atomic mass is 14.4. The Morgan fingerprint density at radius 3 is 1.82 bits per heavy atom. The Morgan fingerprint density at radius 2 is 1.36 bits per heavy atom. The first-order valence-corrected chi connectivity index (χ1v) is 5.29. The average molecular weight is 152 g/mol. The molecule has 3 atom stereocenters. The first kappa shape index (κ1) is 7.64. The van der Waals surface area contributed by atoms with Crippen LogP contribution in [0.3, 0.4) is 0 Å². The van der Waals surface area contributed by atoms with Gasteiger partial charge in [0.15, 0.2) is 0 Å². The molecular formula is C11H20. The second-order valence-electron chi connectivity index (χ2n) is 4.80. The van der Waals surface area contributed by atoms with Crippen LogP contribution in [0.1, 0.15) is 46.0 Å². The fourth-order valence-corrected chi connectivity index (χ4v) is 3.12. The van der Waals surface area contributed by atoms with E-state index in [1.54, 1.807) is 12.8 Å². The van der Waals surface area contributed by atoms with Crippen LogP contribution in [0.25, 0.3) is 0 Å². The largest absolute Gasteiger partial charge is 0.0622 e. The first-order valence-electron chi connectivity index (χ1n) is 5.29. The van der Waals surface area contributed by atoms with Gasteiger partial charge in [0, 0.05) is 0 Å². The summed E-state index contributed by atoms with van der Waals surface area (Å²) in [5.74, 6) is 4.31. The molecule has 0 N–H and O–H groups in total. The molecule has 0 heterocycles. The summed E-state index contributed by atoms with van der Waals surface area (Å²) in [7, 11) is 0. The third-order valence-corrected chi connectivity index (χ3v) is 3.80. The van der Waals surface area contributed by atoms with Crippen molar-refractivity contribution in [3.8, 4) is 0 Å². The highest BCUT2D eigenvalue weighted by molar-refractivity contribution is 4.89. The van der Waals surface area contributed by atoms with Crippen LogP contribution < -0.4 is 0 Å². The number of hydrogen-bond acceptors (Lipinski definition) is 0. The van der Waals surface area contributed by atoms with Crippen LogP contribution in [0.4, 0.5) is 0 Å². The lowest BCUT2D eigenvalue weighted by Crippen LogP contribution is -2.26. The van der Waals surface area contributed by atoms with Gasteiger partial charge in [0.1, 0.15) is 0 Å². The van der Waals surface area contributed by atoms with Gasteiger partial charge in [0.05, 0.1) is 0 Å². The molecule has 0 aromatic heterocycles. The smallest absolute Gasteiger partial charge is 0.0334 e. The summed E-state index contributed by atoms with van der Waals surface area (Å²) in [4.78, 5) is 0. The first-order chi connectivity index (χ1) is 5.29. The molecule has 0 amide bonds. The van der Waals surface area contributed by atoms with Gasteiger partial charge < -0.3 is 0 Å². The molecule has 2 saturated carbocycles. The van der Waals surface area contributed by atoms with Gasteiger partial charge in [-0.05, 0) is 36.5 Å². The Balaban J connectivity index is 1.99. The summed E-state index contributed by atoms with van der Waals surface area (Å²) in [6.07, 6.45) is 7.58. The van der Waals surface area contributed by atoms with E-state index in [-0.39, 0.29) is 0 Å². The molecule has 0 bridgehead atoms. The minimum atomic E-state index is 1.03. The predicted molar refractivity (Wildman–Crippen MR) is 48.4 cm³/mol. The summed E-state index contributed by atoms with van der Waals surface area (Å²) < 4.78 is 0. The van der Waals surface area contributed by atoms with Crippen LogP contribution in [0.15, 0.2) is 0 Å². The van der Waals surface area contributed by atoms with Crippen LogP contribution in [0.5, 0.6) is 0 Å². The van der Waals surface area contributed by atoms with Crippen molar-refractivity contribution in [3.63, 3.8) is 0 Å². The molecule has 2 fully saturated rings. The molecular weight excluding hydrogens is 132 g/mol. The summed E-state index contributed by atoms with van der Waals surface area (Å²) in [6, 6.07) is 0. The maximum absolute atomic E-state index is 2.47. The molecule has 64 valence electrons. The third kappa shape index (κ3) is 1.45. The Morgan fingerprint density at radius 1 is 0.818 bits per heavy atom. The maximum Gasteiger partial charge on any atom is -0.0334 e. The highest BCUT2D eigenvalue weighted by Gasteiger charge is 2.39. The van der Waals surface area contributed by atoms with Gasteiger partial charge >= 0.3 is 0 Å². The van der Waals surface area contributed by atoms with Crippen molar-refractivity contribution in [2.75, 3.05) is 0 Å². The van der Waals surface area contributed by atoms with Gasteiger partial charge in [0.2, 0.25) is 0 Å². The minimum absolute atomic E-state index is 1.03. The normalized spacial score (nSPS) is 45.8. The number of hydrogen-bond donors (Lipinski definition) is 0. The summed E-state index contributed by atoms with van der Waals surface area (Å²) in [5.41, 5.74) is 0. The zero-order chi connectivity index (χ0) is 7.84. The molecule has 2 aliphatic rings. The molecule has 2 aliphatic carbocycles. The Bertz CT molecular complexity index is 125. The van der Waals surface area contributed by atoms with E-state index in [4.69, 9.17) is 0 Å². The van der Waals surface area contributed by atoms with E-state index in [9.17, 15) is 0 Å². The zero-order valence-electron chi connectivity index (χ0n) is 7.84. The Labute approximate surface area is 70.4 Å². The fourth-order valence-electron chi connectivity index (χ4n) is 3.12. The highest BCUT2D eigenvalue weighted by Crippen LogP contribution is 2.48. The fraction of sp³-hybridized carbons (Fsp3) is 1.00. The van der Waals surface area contributed by atoms with E-state index < -0.39 is 0 Å². The molecule has 0 radical (unpaired) electrons. The lowest BCUT2D eigenvalue weighted by molar-refractivity contribution is 0.155. The predicted octanol–water partition coefficient (Wildman–Crippen LogP) is 3.47. The summed E-state index contributed by atoms with van der Waals surface area (Å²) in [6.45, 7) is 4.94. The van der Waals surface area contributed by atoms with Crippen molar-refractivity contribution in [1.29, 1.82) is 0 Å². The van der Waals surface area contributed by atoms with Crippen molar-refractivity contribution in [2.45, 2.75) is 46.0 Å². The summed E-state index contributed by atoms with van der Waals surface area (Å²) in [5, 5.41) is 0. The Hall–Kier alpha value is 0. The molecule has 0 nitrogen and oxygen atoms in total. The second kappa shape index (κ2) is 2.80. The standard InChI is InChI=1S/C11H20/c1-8-4-3-5-9(2)11(8)10-6-7-10/h8-11H,3-7H2,1-2H3/t8-,9?,11?/m1/s1. The zero-order valence-corrected chi connectivity index (χ0v) is 7.84. The quantitative estimate of drug-likeness (QED) is 0.539. The molecule has 0 aromatic rings. The van der Waals surface area contributed by atoms with Crippen LogP contribution in [0.2, 0.25) is 0 Å². The van der Waals surface area contributed by atoms with E-state index in [0.29, 0.717) is 0 Å².